The first-order chi connectivity index (χ1) is 10.4. The summed E-state index contributed by atoms with van der Waals surface area (Å²) in [5.41, 5.74) is -0.209. The van der Waals surface area contributed by atoms with Crippen molar-refractivity contribution in [1.82, 2.24) is 0 Å². The molecule has 0 aromatic heterocycles. The van der Waals surface area contributed by atoms with E-state index >= 15 is 4.39 Å². The summed E-state index contributed by atoms with van der Waals surface area (Å²) in [7, 11) is 0. The lowest BCUT2D eigenvalue weighted by molar-refractivity contribution is -0.161. The summed E-state index contributed by atoms with van der Waals surface area (Å²) >= 11 is 0. The molecule has 0 heterocycles. The summed E-state index contributed by atoms with van der Waals surface area (Å²) in [6.45, 7) is 4.39. The molecule has 4 aliphatic rings. The number of hydrogen-bond donors (Lipinski definition) is 1. The van der Waals surface area contributed by atoms with Crippen molar-refractivity contribution in [1.29, 1.82) is 0 Å². The van der Waals surface area contributed by atoms with Crippen molar-refractivity contribution < 1.29 is 14.3 Å². The van der Waals surface area contributed by atoms with Crippen LogP contribution >= 0.6 is 0 Å². The molecule has 2 nitrogen and oxygen atoms in total. The van der Waals surface area contributed by atoms with E-state index in [-0.39, 0.29) is 22.9 Å². The minimum absolute atomic E-state index is 0.00508. The topological polar surface area (TPSA) is 37.3 Å². The molecule has 8 atom stereocenters. The Morgan fingerprint density at radius 3 is 2.68 bits per heavy atom. The normalized spacial score (nSPS) is 57.9. The molecule has 4 aliphatic carbocycles. The number of ketones is 1. The van der Waals surface area contributed by atoms with Crippen LogP contribution in [0.25, 0.3) is 0 Å². The first kappa shape index (κ1) is 15.1. The second-order valence-corrected chi connectivity index (χ2v) is 9.14. The molecule has 0 unspecified atom stereocenters. The van der Waals surface area contributed by atoms with E-state index in [0.29, 0.717) is 42.8 Å². The molecule has 0 aliphatic heterocycles. The lowest BCUT2D eigenvalue weighted by Gasteiger charge is -2.60. The quantitative estimate of drug-likeness (QED) is 0.737. The molecule has 0 radical (unpaired) electrons. The van der Waals surface area contributed by atoms with E-state index in [4.69, 9.17) is 0 Å². The Balaban J connectivity index is 1.69. The minimum atomic E-state index is -0.806. The molecule has 4 fully saturated rings. The molecule has 3 heteroatoms. The van der Waals surface area contributed by atoms with Gasteiger partial charge in [-0.2, -0.15) is 0 Å². The van der Waals surface area contributed by atoms with Gasteiger partial charge >= 0.3 is 0 Å². The molecule has 0 aromatic carbocycles. The summed E-state index contributed by atoms with van der Waals surface area (Å²) in [5, 5.41) is 10.4. The molecule has 0 aromatic rings. The number of aliphatic hydroxyl groups is 1. The van der Waals surface area contributed by atoms with E-state index in [9.17, 15) is 9.90 Å². The second kappa shape index (κ2) is 4.78. The summed E-state index contributed by atoms with van der Waals surface area (Å²) in [6.07, 6.45) is 5.64. The van der Waals surface area contributed by atoms with Gasteiger partial charge in [-0.3, -0.25) is 4.79 Å². The molecule has 0 amide bonds. The van der Waals surface area contributed by atoms with Gasteiger partial charge in [0.1, 0.15) is 12.0 Å². The second-order valence-electron chi connectivity index (χ2n) is 9.14. The Hall–Kier alpha value is -0.440. The Labute approximate surface area is 132 Å². The van der Waals surface area contributed by atoms with Gasteiger partial charge in [0, 0.05) is 12.8 Å². The highest BCUT2D eigenvalue weighted by Crippen LogP contribution is 2.66. The van der Waals surface area contributed by atoms with Gasteiger partial charge in [-0.15, -0.1) is 0 Å². The van der Waals surface area contributed by atoms with Gasteiger partial charge in [-0.1, -0.05) is 13.8 Å². The van der Waals surface area contributed by atoms with Gasteiger partial charge in [0.2, 0.25) is 0 Å². The van der Waals surface area contributed by atoms with Crippen LogP contribution in [0, 0.1) is 34.5 Å². The average molecular weight is 308 g/mol. The van der Waals surface area contributed by atoms with Crippen molar-refractivity contribution in [3.63, 3.8) is 0 Å². The van der Waals surface area contributed by atoms with Gasteiger partial charge in [-0.05, 0) is 73.0 Å². The molecule has 4 rings (SSSR count). The van der Waals surface area contributed by atoms with Gasteiger partial charge < -0.3 is 5.11 Å². The van der Waals surface area contributed by atoms with E-state index in [1.807, 2.05) is 0 Å². The first-order valence-corrected chi connectivity index (χ1v) is 9.20. The fourth-order valence-electron chi connectivity index (χ4n) is 7.07. The molecule has 4 saturated carbocycles. The van der Waals surface area contributed by atoms with Crippen LogP contribution in [0.1, 0.15) is 65.2 Å². The van der Waals surface area contributed by atoms with Crippen LogP contribution in [0.3, 0.4) is 0 Å². The molecule has 1 N–H and O–H groups in total. The number of hydrogen-bond acceptors (Lipinski definition) is 2. The van der Waals surface area contributed by atoms with Crippen molar-refractivity contribution in [3.8, 4) is 0 Å². The van der Waals surface area contributed by atoms with E-state index in [1.54, 1.807) is 0 Å². The first-order valence-electron chi connectivity index (χ1n) is 9.20. The SMILES string of the molecule is C[C@]12CCC(=O)C[C@H]1CC[C@@H]1[C@@H]2[C@@H](F)C[C@]2(C)[C@@H](O)CC[C@@H]12. The Morgan fingerprint density at radius 1 is 1.14 bits per heavy atom. The highest BCUT2D eigenvalue weighted by molar-refractivity contribution is 5.79. The number of alkyl halides is 1. The molecular formula is C19H29FO2. The molecular weight excluding hydrogens is 279 g/mol. The maximum Gasteiger partial charge on any atom is 0.133 e. The van der Waals surface area contributed by atoms with Crippen LogP contribution in [-0.4, -0.2) is 23.2 Å². The van der Waals surface area contributed by atoms with Crippen molar-refractivity contribution in [2.45, 2.75) is 77.5 Å². The number of carbonyl (C=O) groups excluding carboxylic acids is 1. The molecule has 0 spiro atoms. The van der Waals surface area contributed by atoms with Crippen molar-refractivity contribution in [3.05, 3.63) is 0 Å². The fraction of sp³-hybridized carbons (Fsp3) is 0.947. The van der Waals surface area contributed by atoms with Gasteiger partial charge in [-0.25, -0.2) is 4.39 Å². The summed E-state index contributed by atoms with van der Waals surface area (Å²) in [6, 6.07) is 0. The van der Waals surface area contributed by atoms with E-state index in [0.717, 1.165) is 32.1 Å². The van der Waals surface area contributed by atoms with Crippen LogP contribution in [0.4, 0.5) is 4.39 Å². The largest absolute Gasteiger partial charge is 0.393 e. The molecule has 0 saturated heterocycles. The zero-order chi connectivity index (χ0) is 15.7. The lowest BCUT2D eigenvalue weighted by Crippen LogP contribution is -2.58. The van der Waals surface area contributed by atoms with Gasteiger partial charge in [0.15, 0.2) is 0 Å². The van der Waals surface area contributed by atoms with E-state index in [1.165, 1.54) is 0 Å². The highest BCUT2D eigenvalue weighted by atomic mass is 19.1. The van der Waals surface area contributed by atoms with E-state index < -0.39 is 6.17 Å². The maximum atomic E-state index is 15.3. The smallest absolute Gasteiger partial charge is 0.133 e. The number of halogens is 1. The van der Waals surface area contributed by atoms with Crippen molar-refractivity contribution in [2.75, 3.05) is 0 Å². The van der Waals surface area contributed by atoms with Crippen LogP contribution in [-0.2, 0) is 4.79 Å². The highest BCUT2D eigenvalue weighted by Gasteiger charge is 2.63. The average Bonchev–Trinajstić information content (AvgIpc) is 2.75. The third kappa shape index (κ3) is 1.84. The summed E-state index contributed by atoms with van der Waals surface area (Å²) in [5.74, 6) is 1.79. The number of carbonyl (C=O) groups is 1. The number of rotatable bonds is 0. The molecule has 124 valence electrons. The monoisotopic (exact) mass is 308 g/mol. The number of aliphatic hydroxyl groups excluding tert-OH is 1. The van der Waals surface area contributed by atoms with Gasteiger partial charge in [0.05, 0.1) is 6.10 Å². The van der Waals surface area contributed by atoms with Crippen LogP contribution in [0.5, 0.6) is 0 Å². The van der Waals surface area contributed by atoms with Crippen LogP contribution in [0.15, 0.2) is 0 Å². The standard InChI is InChI=1S/C19H29FO2/c1-18-8-7-12(21)9-11(18)3-4-13-14-5-6-16(22)19(14,2)10-15(20)17(13)18/h11,13-17,22H,3-10H2,1-2H3/t11-,13+,14+,15+,16+,17-,18+,19+/m1/s1. The predicted molar refractivity (Wildman–Crippen MR) is 83.0 cm³/mol. The Kier molecular flexibility index (Phi) is 3.28. The molecule has 22 heavy (non-hydrogen) atoms. The fourth-order valence-corrected chi connectivity index (χ4v) is 7.07. The summed E-state index contributed by atoms with van der Waals surface area (Å²) in [4.78, 5) is 11.9. The van der Waals surface area contributed by atoms with Gasteiger partial charge in [0.25, 0.3) is 0 Å². The Bertz CT molecular complexity index is 492. The van der Waals surface area contributed by atoms with Crippen LogP contribution < -0.4 is 0 Å². The van der Waals surface area contributed by atoms with E-state index in [2.05, 4.69) is 13.8 Å². The van der Waals surface area contributed by atoms with Crippen molar-refractivity contribution >= 4 is 5.78 Å². The molecule has 0 bridgehead atoms. The number of Topliss-reactive ketones (excluding diaryl/α,β-unsaturated/α-hetero) is 1. The minimum Gasteiger partial charge on any atom is -0.393 e. The summed E-state index contributed by atoms with van der Waals surface area (Å²) < 4.78 is 15.3. The lowest BCUT2D eigenvalue weighted by atomic mass is 9.44. The van der Waals surface area contributed by atoms with Crippen LogP contribution in [0.2, 0.25) is 0 Å². The zero-order valence-corrected chi connectivity index (χ0v) is 13.9. The van der Waals surface area contributed by atoms with Crippen molar-refractivity contribution in [2.24, 2.45) is 34.5 Å². The third-order valence-corrected chi connectivity index (χ3v) is 8.32. The third-order valence-electron chi connectivity index (χ3n) is 8.32. The predicted octanol–water partition coefficient (Wildman–Crippen LogP) is 3.91. The number of fused-ring (bicyclic) bond motifs is 5. The zero-order valence-electron chi connectivity index (χ0n) is 13.9. The maximum absolute atomic E-state index is 15.3. The Morgan fingerprint density at radius 2 is 1.91 bits per heavy atom.